The lowest BCUT2D eigenvalue weighted by Gasteiger charge is -2.21. The Morgan fingerprint density at radius 3 is 2.59 bits per heavy atom. The van der Waals surface area contributed by atoms with Crippen molar-refractivity contribution < 1.29 is 22.8 Å². The number of rotatable bonds is 3. The molecular weight excluding hydrogens is 303 g/mol. The molecule has 1 aromatic rings. The highest BCUT2D eigenvalue weighted by atomic mass is 79.9. The van der Waals surface area contributed by atoms with E-state index in [9.17, 15) is 18.0 Å². The van der Waals surface area contributed by atoms with Crippen molar-refractivity contribution in [2.45, 2.75) is 5.92 Å². The highest BCUT2D eigenvalue weighted by Gasteiger charge is 2.45. The number of nitrogens with zero attached hydrogens (tertiary/aromatic N) is 1. The van der Waals surface area contributed by atoms with Crippen molar-refractivity contribution in [2.24, 2.45) is 0 Å². The highest BCUT2D eigenvalue weighted by Crippen LogP contribution is 2.34. The summed E-state index contributed by atoms with van der Waals surface area (Å²) in [6.07, 6.45) is 0. The fraction of sp³-hybridized carbons (Fsp3) is 0.300. The standard InChI is InChI=1S/C10H9BrF3NO2/c1-15(17-2)9(16)10(13,14)6-4-3-5-7(11)8(6)12/h3-5H,1-2H3. The van der Waals surface area contributed by atoms with Gasteiger partial charge >= 0.3 is 11.8 Å². The Hall–Kier alpha value is -1.08. The molecule has 0 aliphatic carbocycles. The molecule has 0 radical (unpaired) electrons. The van der Waals surface area contributed by atoms with E-state index in [1.54, 1.807) is 0 Å². The molecule has 0 saturated carbocycles. The van der Waals surface area contributed by atoms with Gasteiger partial charge in [-0.05, 0) is 28.1 Å². The van der Waals surface area contributed by atoms with Crippen molar-refractivity contribution in [3.8, 4) is 0 Å². The van der Waals surface area contributed by atoms with E-state index in [4.69, 9.17) is 0 Å². The molecule has 0 aliphatic rings. The quantitative estimate of drug-likeness (QED) is 0.803. The first-order valence-electron chi connectivity index (χ1n) is 4.47. The lowest BCUT2D eigenvalue weighted by molar-refractivity contribution is -0.196. The van der Waals surface area contributed by atoms with Crippen LogP contribution in [0.3, 0.4) is 0 Å². The SMILES string of the molecule is CON(C)C(=O)C(F)(F)c1cccc(Br)c1F. The van der Waals surface area contributed by atoms with Gasteiger partial charge in [0, 0.05) is 7.05 Å². The molecule has 0 aliphatic heterocycles. The molecule has 0 bridgehead atoms. The maximum Gasteiger partial charge on any atom is 0.354 e. The predicted octanol–water partition coefficient (Wildman–Crippen LogP) is 2.70. The van der Waals surface area contributed by atoms with Crippen LogP contribution in [0.15, 0.2) is 22.7 Å². The van der Waals surface area contributed by atoms with Crippen LogP contribution in [0.25, 0.3) is 0 Å². The molecule has 3 nitrogen and oxygen atoms in total. The third-order valence-corrected chi connectivity index (χ3v) is 2.73. The van der Waals surface area contributed by atoms with Crippen molar-refractivity contribution in [3.05, 3.63) is 34.1 Å². The van der Waals surface area contributed by atoms with Gasteiger partial charge in [-0.25, -0.2) is 9.45 Å². The summed E-state index contributed by atoms with van der Waals surface area (Å²) in [5.41, 5.74) is -0.999. The Labute approximate surface area is 104 Å². The summed E-state index contributed by atoms with van der Waals surface area (Å²) in [7, 11) is 2.08. The van der Waals surface area contributed by atoms with E-state index in [0.29, 0.717) is 5.06 Å². The minimum Gasteiger partial charge on any atom is -0.274 e. The smallest absolute Gasteiger partial charge is 0.274 e. The number of hydroxylamine groups is 2. The second-order valence-corrected chi connectivity index (χ2v) is 4.02. The number of benzene rings is 1. The van der Waals surface area contributed by atoms with Crippen LogP contribution in [-0.4, -0.2) is 25.1 Å². The molecule has 7 heteroatoms. The largest absolute Gasteiger partial charge is 0.354 e. The van der Waals surface area contributed by atoms with Crippen LogP contribution in [0.2, 0.25) is 0 Å². The fourth-order valence-electron chi connectivity index (χ4n) is 1.14. The molecule has 0 atom stereocenters. The predicted molar refractivity (Wildman–Crippen MR) is 57.8 cm³/mol. The van der Waals surface area contributed by atoms with Gasteiger partial charge in [-0.3, -0.25) is 9.63 Å². The van der Waals surface area contributed by atoms with Crippen molar-refractivity contribution in [1.29, 1.82) is 0 Å². The number of hydrogen-bond donors (Lipinski definition) is 0. The van der Waals surface area contributed by atoms with E-state index in [-0.39, 0.29) is 4.47 Å². The molecule has 0 saturated heterocycles. The first-order chi connectivity index (χ1) is 7.82. The third-order valence-electron chi connectivity index (χ3n) is 2.12. The Morgan fingerprint density at radius 1 is 1.47 bits per heavy atom. The highest BCUT2D eigenvalue weighted by molar-refractivity contribution is 9.10. The molecule has 0 unspecified atom stereocenters. The molecule has 1 aromatic carbocycles. The van der Waals surface area contributed by atoms with Gasteiger partial charge in [0.25, 0.3) is 0 Å². The van der Waals surface area contributed by atoms with E-state index < -0.39 is 23.2 Å². The molecule has 17 heavy (non-hydrogen) atoms. The Balaban J connectivity index is 3.21. The van der Waals surface area contributed by atoms with Gasteiger partial charge in [0.2, 0.25) is 0 Å². The average Bonchev–Trinajstić information content (AvgIpc) is 2.30. The van der Waals surface area contributed by atoms with Crippen molar-refractivity contribution in [1.82, 2.24) is 5.06 Å². The normalized spacial score (nSPS) is 11.4. The van der Waals surface area contributed by atoms with Crippen LogP contribution < -0.4 is 0 Å². The first kappa shape index (κ1) is 14.0. The van der Waals surface area contributed by atoms with Gasteiger partial charge in [0.15, 0.2) is 0 Å². The van der Waals surface area contributed by atoms with Crippen LogP contribution in [0.5, 0.6) is 0 Å². The number of amides is 1. The topological polar surface area (TPSA) is 29.5 Å². The molecule has 0 fully saturated rings. The molecule has 0 aromatic heterocycles. The van der Waals surface area contributed by atoms with E-state index in [1.165, 1.54) is 12.1 Å². The Kier molecular flexibility index (Phi) is 4.16. The summed E-state index contributed by atoms with van der Waals surface area (Å²) in [4.78, 5) is 15.7. The average molecular weight is 312 g/mol. The van der Waals surface area contributed by atoms with Gasteiger partial charge in [0.05, 0.1) is 17.1 Å². The number of carbonyl (C=O) groups is 1. The second-order valence-electron chi connectivity index (χ2n) is 3.16. The Morgan fingerprint density at radius 2 is 2.06 bits per heavy atom. The molecule has 1 amide bonds. The number of carbonyl (C=O) groups excluding carboxylic acids is 1. The minimum atomic E-state index is -3.99. The van der Waals surface area contributed by atoms with Gasteiger partial charge in [-0.2, -0.15) is 8.78 Å². The van der Waals surface area contributed by atoms with Gasteiger partial charge < -0.3 is 0 Å². The van der Waals surface area contributed by atoms with Gasteiger partial charge in [0.1, 0.15) is 5.82 Å². The molecule has 1 rings (SSSR count). The minimum absolute atomic E-state index is 0.137. The number of likely N-dealkylation sites (N-methyl/N-ethyl adjacent to an activating group) is 1. The fourth-order valence-corrected chi connectivity index (χ4v) is 1.51. The summed E-state index contributed by atoms with van der Waals surface area (Å²) in [6.45, 7) is 0. The van der Waals surface area contributed by atoms with E-state index >= 15 is 0 Å². The monoisotopic (exact) mass is 311 g/mol. The van der Waals surface area contributed by atoms with Gasteiger partial charge in [-0.15, -0.1) is 0 Å². The molecule has 0 spiro atoms. The summed E-state index contributed by atoms with van der Waals surface area (Å²) in [6, 6.07) is 3.33. The first-order valence-corrected chi connectivity index (χ1v) is 5.26. The summed E-state index contributed by atoms with van der Waals surface area (Å²) >= 11 is 2.78. The van der Waals surface area contributed by atoms with Crippen molar-refractivity contribution in [3.63, 3.8) is 0 Å². The number of alkyl halides is 2. The summed E-state index contributed by atoms with van der Waals surface area (Å²) in [5, 5.41) is 0.348. The maximum atomic E-state index is 13.7. The van der Waals surface area contributed by atoms with E-state index in [1.807, 2.05) is 0 Å². The molecule has 0 heterocycles. The van der Waals surface area contributed by atoms with Crippen molar-refractivity contribution >= 4 is 21.8 Å². The molecule has 0 N–H and O–H groups in total. The zero-order valence-electron chi connectivity index (χ0n) is 9.01. The van der Waals surface area contributed by atoms with Crippen LogP contribution in [0.4, 0.5) is 13.2 Å². The zero-order valence-corrected chi connectivity index (χ0v) is 10.6. The lowest BCUT2D eigenvalue weighted by atomic mass is 10.1. The van der Waals surface area contributed by atoms with E-state index in [0.717, 1.165) is 20.2 Å². The van der Waals surface area contributed by atoms with Crippen LogP contribution in [0.1, 0.15) is 5.56 Å². The van der Waals surface area contributed by atoms with Crippen molar-refractivity contribution in [2.75, 3.05) is 14.2 Å². The Bertz CT molecular complexity index is 440. The number of hydrogen-bond acceptors (Lipinski definition) is 2. The van der Waals surface area contributed by atoms with Gasteiger partial charge in [-0.1, -0.05) is 6.07 Å². The second kappa shape index (κ2) is 5.05. The van der Waals surface area contributed by atoms with E-state index in [2.05, 4.69) is 20.8 Å². The number of halogens is 4. The van der Waals surface area contributed by atoms with Crippen LogP contribution in [0, 0.1) is 5.82 Å². The van der Waals surface area contributed by atoms with Crippen LogP contribution >= 0.6 is 15.9 Å². The molecular formula is C10H9BrF3NO2. The zero-order chi connectivity index (χ0) is 13.2. The maximum absolute atomic E-state index is 13.7. The third kappa shape index (κ3) is 2.61. The lowest BCUT2D eigenvalue weighted by Crippen LogP contribution is -2.39. The van der Waals surface area contributed by atoms with Crippen LogP contribution in [-0.2, 0) is 15.6 Å². The summed E-state index contributed by atoms with van der Waals surface area (Å²) < 4.78 is 40.7. The summed E-state index contributed by atoms with van der Waals surface area (Å²) in [5.74, 6) is -6.80. The molecule has 94 valence electrons.